The molecule has 1 heterocycles. The largest absolute Gasteiger partial charge is 0.496 e. The molecule has 0 aliphatic carbocycles. The van der Waals surface area contributed by atoms with E-state index >= 15 is 0 Å². The summed E-state index contributed by atoms with van der Waals surface area (Å²) in [7, 11) is 1.68. The average molecular weight is 243 g/mol. The number of nitrogens with zero attached hydrogens (tertiary/aromatic N) is 2. The zero-order valence-corrected chi connectivity index (χ0v) is 11.1. The van der Waals surface area contributed by atoms with Crippen LogP contribution in [0.2, 0.25) is 0 Å². The first-order chi connectivity index (χ1) is 8.54. The Labute approximate surface area is 107 Å². The van der Waals surface area contributed by atoms with Gasteiger partial charge in [0.05, 0.1) is 12.8 Å². The third-order valence-electron chi connectivity index (χ3n) is 3.26. The first-order valence-electron chi connectivity index (χ1n) is 5.79. The van der Waals surface area contributed by atoms with Gasteiger partial charge in [-0.15, -0.1) is 10.2 Å². The van der Waals surface area contributed by atoms with Crippen molar-refractivity contribution in [2.24, 2.45) is 0 Å². The van der Waals surface area contributed by atoms with Crippen molar-refractivity contribution in [2.45, 2.75) is 20.8 Å². The van der Waals surface area contributed by atoms with Crippen LogP contribution >= 0.6 is 0 Å². The molecule has 4 heteroatoms. The van der Waals surface area contributed by atoms with E-state index in [1.165, 1.54) is 0 Å². The van der Waals surface area contributed by atoms with Gasteiger partial charge in [0.2, 0.25) is 0 Å². The third-order valence-corrected chi connectivity index (χ3v) is 3.26. The highest BCUT2D eigenvalue weighted by Crippen LogP contribution is 2.30. The fraction of sp³-hybridized carbons (Fsp3) is 0.286. The Bertz CT molecular complexity index is 594. The lowest BCUT2D eigenvalue weighted by Crippen LogP contribution is -2.00. The van der Waals surface area contributed by atoms with Crippen LogP contribution in [0.15, 0.2) is 18.2 Å². The van der Waals surface area contributed by atoms with Crippen LogP contribution in [-0.4, -0.2) is 17.3 Å². The topological polar surface area (TPSA) is 61.0 Å². The van der Waals surface area contributed by atoms with Crippen LogP contribution in [0, 0.1) is 20.8 Å². The maximum Gasteiger partial charge on any atom is 0.149 e. The minimum atomic E-state index is 0.474. The van der Waals surface area contributed by atoms with Gasteiger partial charge < -0.3 is 10.5 Å². The van der Waals surface area contributed by atoms with Crippen LogP contribution in [0.1, 0.15) is 16.7 Å². The zero-order valence-electron chi connectivity index (χ0n) is 11.1. The summed E-state index contributed by atoms with van der Waals surface area (Å²) in [5.41, 5.74) is 10.8. The second kappa shape index (κ2) is 4.64. The number of ether oxygens (including phenoxy) is 1. The van der Waals surface area contributed by atoms with Gasteiger partial charge in [-0.25, -0.2) is 0 Å². The van der Waals surface area contributed by atoms with Crippen molar-refractivity contribution in [3.05, 3.63) is 34.9 Å². The van der Waals surface area contributed by atoms with E-state index in [0.717, 1.165) is 33.7 Å². The molecule has 1 aromatic heterocycles. The molecule has 0 bridgehead atoms. The van der Waals surface area contributed by atoms with Crippen molar-refractivity contribution in [2.75, 3.05) is 12.8 Å². The van der Waals surface area contributed by atoms with Crippen molar-refractivity contribution in [1.82, 2.24) is 10.2 Å². The van der Waals surface area contributed by atoms with E-state index in [2.05, 4.69) is 17.1 Å². The molecule has 2 N–H and O–H groups in total. The Morgan fingerprint density at radius 2 is 1.78 bits per heavy atom. The lowest BCUT2D eigenvalue weighted by atomic mass is 9.99. The number of rotatable bonds is 2. The lowest BCUT2D eigenvalue weighted by Gasteiger charge is -2.12. The van der Waals surface area contributed by atoms with Crippen molar-refractivity contribution >= 4 is 5.82 Å². The fourth-order valence-corrected chi connectivity index (χ4v) is 1.92. The molecule has 0 aliphatic rings. The minimum absolute atomic E-state index is 0.474. The van der Waals surface area contributed by atoms with Gasteiger partial charge in [-0.3, -0.25) is 0 Å². The number of nitrogen functional groups attached to an aromatic ring is 1. The summed E-state index contributed by atoms with van der Waals surface area (Å²) in [5.74, 6) is 1.36. The van der Waals surface area contributed by atoms with Gasteiger partial charge in [-0.2, -0.15) is 0 Å². The molecule has 0 saturated carbocycles. The third kappa shape index (κ3) is 2.01. The number of anilines is 1. The first-order valence-corrected chi connectivity index (χ1v) is 5.79. The van der Waals surface area contributed by atoms with E-state index < -0.39 is 0 Å². The molecule has 4 nitrogen and oxygen atoms in total. The molecule has 0 atom stereocenters. The summed E-state index contributed by atoms with van der Waals surface area (Å²) in [6.45, 7) is 6.02. The molecule has 0 radical (unpaired) electrons. The number of benzene rings is 1. The second-order valence-corrected chi connectivity index (χ2v) is 4.36. The smallest absolute Gasteiger partial charge is 0.149 e. The van der Waals surface area contributed by atoms with Crippen LogP contribution in [0.5, 0.6) is 5.75 Å². The molecule has 0 aliphatic heterocycles. The quantitative estimate of drug-likeness (QED) is 0.880. The Balaban J connectivity index is 2.57. The van der Waals surface area contributed by atoms with Gasteiger partial charge in [0.1, 0.15) is 11.6 Å². The van der Waals surface area contributed by atoms with E-state index in [9.17, 15) is 0 Å². The number of hydrogen-bond donors (Lipinski definition) is 1. The van der Waals surface area contributed by atoms with E-state index in [4.69, 9.17) is 10.5 Å². The fourth-order valence-electron chi connectivity index (χ4n) is 1.92. The minimum Gasteiger partial charge on any atom is -0.496 e. The second-order valence-electron chi connectivity index (χ2n) is 4.36. The summed E-state index contributed by atoms with van der Waals surface area (Å²) >= 11 is 0. The first kappa shape index (κ1) is 12.4. The van der Waals surface area contributed by atoms with Gasteiger partial charge in [0.25, 0.3) is 0 Å². The maximum atomic E-state index is 5.69. The van der Waals surface area contributed by atoms with Crippen LogP contribution in [-0.2, 0) is 0 Å². The predicted octanol–water partition coefficient (Wildman–Crippen LogP) is 2.66. The van der Waals surface area contributed by atoms with E-state index in [0.29, 0.717) is 5.82 Å². The molecule has 0 spiro atoms. The molecular formula is C14H17N3O. The summed E-state index contributed by atoms with van der Waals surface area (Å²) in [5, 5.41) is 8.12. The number of aryl methyl sites for hydroxylation is 1. The summed E-state index contributed by atoms with van der Waals surface area (Å²) in [6.07, 6.45) is 0. The molecule has 0 fully saturated rings. The Morgan fingerprint density at radius 1 is 1.06 bits per heavy atom. The zero-order chi connectivity index (χ0) is 13.3. The molecule has 2 rings (SSSR count). The van der Waals surface area contributed by atoms with Crippen LogP contribution in [0.3, 0.4) is 0 Å². The number of nitrogens with two attached hydrogens (primary N) is 1. The molecule has 2 aromatic rings. The predicted molar refractivity (Wildman–Crippen MR) is 72.6 cm³/mol. The SMILES string of the molecule is COc1ccc(-c2cc(C)c(N)nn2)c(C)c1C. The number of methoxy groups -OCH3 is 1. The summed E-state index contributed by atoms with van der Waals surface area (Å²) < 4.78 is 5.30. The molecule has 0 saturated heterocycles. The molecule has 0 unspecified atom stereocenters. The van der Waals surface area contributed by atoms with Gasteiger partial charge >= 0.3 is 0 Å². The number of aromatic nitrogens is 2. The maximum absolute atomic E-state index is 5.69. The van der Waals surface area contributed by atoms with E-state index in [1.807, 2.05) is 32.0 Å². The number of hydrogen-bond acceptors (Lipinski definition) is 4. The van der Waals surface area contributed by atoms with Crippen molar-refractivity contribution in [3.8, 4) is 17.0 Å². The van der Waals surface area contributed by atoms with Gasteiger partial charge in [-0.05, 0) is 55.7 Å². The van der Waals surface area contributed by atoms with Gasteiger partial charge in [-0.1, -0.05) is 0 Å². The average Bonchev–Trinajstić information content (AvgIpc) is 2.36. The normalized spacial score (nSPS) is 10.4. The highest BCUT2D eigenvalue weighted by atomic mass is 16.5. The van der Waals surface area contributed by atoms with Gasteiger partial charge in [0.15, 0.2) is 0 Å². The monoisotopic (exact) mass is 243 g/mol. The van der Waals surface area contributed by atoms with E-state index in [1.54, 1.807) is 7.11 Å². The van der Waals surface area contributed by atoms with Crippen LogP contribution in [0.4, 0.5) is 5.82 Å². The molecule has 0 amide bonds. The van der Waals surface area contributed by atoms with Crippen molar-refractivity contribution in [1.29, 1.82) is 0 Å². The van der Waals surface area contributed by atoms with Gasteiger partial charge in [0, 0.05) is 5.56 Å². The van der Waals surface area contributed by atoms with E-state index in [-0.39, 0.29) is 0 Å². The lowest BCUT2D eigenvalue weighted by molar-refractivity contribution is 0.411. The highest BCUT2D eigenvalue weighted by molar-refractivity contribution is 5.68. The van der Waals surface area contributed by atoms with Crippen molar-refractivity contribution in [3.63, 3.8) is 0 Å². The van der Waals surface area contributed by atoms with Crippen LogP contribution in [0.25, 0.3) is 11.3 Å². The Hall–Kier alpha value is -2.10. The standard InChI is InChI=1S/C14H17N3O/c1-8-7-12(16-17-14(8)15)11-5-6-13(18-4)10(3)9(11)2/h5-7H,1-4H3,(H2,15,17). The summed E-state index contributed by atoms with van der Waals surface area (Å²) in [4.78, 5) is 0. The Kier molecular flexibility index (Phi) is 3.19. The van der Waals surface area contributed by atoms with Crippen LogP contribution < -0.4 is 10.5 Å². The highest BCUT2D eigenvalue weighted by Gasteiger charge is 2.10. The molecule has 1 aromatic carbocycles. The molecular weight excluding hydrogens is 226 g/mol. The Morgan fingerprint density at radius 3 is 2.39 bits per heavy atom. The summed E-state index contributed by atoms with van der Waals surface area (Å²) in [6, 6.07) is 5.91. The molecule has 94 valence electrons. The van der Waals surface area contributed by atoms with Crippen molar-refractivity contribution < 1.29 is 4.74 Å². The molecule has 18 heavy (non-hydrogen) atoms.